The summed E-state index contributed by atoms with van der Waals surface area (Å²) < 4.78 is 39.1. The number of hydrogen-bond donors (Lipinski definition) is 0. The predicted octanol–water partition coefficient (Wildman–Crippen LogP) is 3.04. The molecule has 1 spiro atoms. The molecule has 0 aromatic heterocycles. The Hall–Kier alpha value is -1.33. The molecule has 0 amide bonds. The highest BCUT2D eigenvalue weighted by atomic mass is 19.1. The maximum atomic E-state index is 14.1. The maximum Gasteiger partial charge on any atom is 0.172 e. The van der Waals surface area contributed by atoms with Gasteiger partial charge < -0.3 is 9.47 Å². The van der Waals surface area contributed by atoms with Gasteiger partial charge in [-0.1, -0.05) is 6.07 Å². The zero-order chi connectivity index (χ0) is 15.0. The second-order valence-electron chi connectivity index (χ2n) is 5.94. The third-order valence-corrected chi connectivity index (χ3v) is 4.46. The first-order chi connectivity index (χ1) is 10.0. The maximum absolute atomic E-state index is 14.1. The Morgan fingerprint density at radius 3 is 2.86 bits per heavy atom. The molecule has 0 aliphatic carbocycles. The van der Waals surface area contributed by atoms with Crippen LogP contribution in [0, 0.1) is 24.5 Å². The highest BCUT2D eigenvalue weighted by Gasteiger charge is 2.43. The number of ether oxygens (including phenoxy) is 2. The topological polar surface area (TPSA) is 35.5 Å². The second kappa shape index (κ2) is 5.46. The van der Waals surface area contributed by atoms with Crippen molar-refractivity contribution >= 4 is 5.78 Å². The van der Waals surface area contributed by atoms with E-state index < -0.39 is 34.5 Å². The predicted molar refractivity (Wildman–Crippen MR) is 72.3 cm³/mol. The lowest BCUT2D eigenvalue weighted by Crippen LogP contribution is -2.42. The molecule has 1 aromatic carbocycles. The van der Waals surface area contributed by atoms with Gasteiger partial charge in [-0.05, 0) is 31.4 Å². The molecule has 0 N–H and O–H groups in total. The molecule has 0 bridgehead atoms. The summed E-state index contributed by atoms with van der Waals surface area (Å²) >= 11 is 0. The lowest BCUT2D eigenvalue weighted by atomic mass is 9.81. The summed E-state index contributed by atoms with van der Waals surface area (Å²) in [6.07, 6.45) is 1.70. The van der Waals surface area contributed by atoms with Crippen molar-refractivity contribution in [1.82, 2.24) is 0 Å². The van der Waals surface area contributed by atoms with Crippen molar-refractivity contribution in [3.63, 3.8) is 0 Å². The minimum atomic E-state index is -0.786. The van der Waals surface area contributed by atoms with Crippen LogP contribution in [0.15, 0.2) is 12.1 Å². The molecule has 0 radical (unpaired) electrons. The summed E-state index contributed by atoms with van der Waals surface area (Å²) in [6.45, 7) is 3.01. The van der Waals surface area contributed by atoms with Crippen LogP contribution in [-0.4, -0.2) is 31.2 Å². The first-order valence-electron chi connectivity index (χ1n) is 7.23. The van der Waals surface area contributed by atoms with E-state index in [-0.39, 0.29) is 5.56 Å². The van der Waals surface area contributed by atoms with Crippen molar-refractivity contribution in [3.05, 3.63) is 34.9 Å². The van der Waals surface area contributed by atoms with Crippen LogP contribution in [0.4, 0.5) is 8.78 Å². The molecule has 2 fully saturated rings. The molecule has 0 saturated carbocycles. The molecule has 3 rings (SSSR count). The molecule has 2 atom stereocenters. The highest BCUT2D eigenvalue weighted by Crippen LogP contribution is 2.37. The fraction of sp³-hybridized carbons (Fsp3) is 0.562. The molecule has 1 aromatic rings. The third-order valence-electron chi connectivity index (χ3n) is 4.46. The van der Waals surface area contributed by atoms with Gasteiger partial charge in [0, 0.05) is 25.6 Å². The summed E-state index contributed by atoms with van der Waals surface area (Å²) in [5.41, 5.74) is -0.572. The van der Waals surface area contributed by atoms with Crippen molar-refractivity contribution in [1.29, 1.82) is 0 Å². The molecular formula is C16H18F2O3. The van der Waals surface area contributed by atoms with Crippen LogP contribution in [0.5, 0.6) is 0 Å². The first kappa shape index (κ1) is 14.6. The van der Waals surface area contributed by atoms with E-state index in [1.807, 2.05) is 0 Å². The van der Waals surface area contributed by atoms with Gasteiger partial charge in [-0.25, -0.2) is 8.78 Å². The number of benzene rings is 1. The van der Waals surface area contributed by atoms with Crippen LogP contribution in [0.25, 0.3) is 0 Å². The monoisotopic (exact) mass is 296 g/mol. The fourth-order valence-electron chi connectivity index (χ4n) is 3.20. The number of carbonyl (C=O) groups excluding carboxylic acids is 1. The quantitative estimate of drug-likeness (QED) is 0.787. The molecule has 2 aliphatic rings. The molecule has 2 heterocycles. The van der Waals surface area contributed by atoms with Crippen LogP contribution < -0.4 is 0 Å². The number of ketones is 1. The molecule has 5 heteroatoms. The smallest absolute Gasteiger partial charge is 0.172 e. The van der Waals surface area contributed by atoms with Gasteiger partial charge in [0.25, 0.3) is 0 Å². The Morgan fingerprint density at radius 2 is 2.14 bits per heavy atom. The number of Topliss-reactive ketones (excluding diaryl/α,β-unsaturated/α-hetero) is 1. The van der Waals surface area contributed by atoms with Gasteiger partial charge in [0.1, 0.15) is 11.6 Å². The molecule has 2 saturated heterocycles. The van der Waals surface area contributed by atoms with Gasteiger partial charge in [-0.3, -0.25) is 4.79 Å². The average Bonchev–Trinajstić information content (AvgIpc) is 2.91. The van der Waals surface area contributed by atoms with Crippen LogP contribution in [0.1, 0.15) is 35.2 Å². The van der Waals surface area contributed by atoms with E-state index in [4.69, 9.17) is 9.47 Å². The molecule has 3 nitrogen and oxygen atoms in total. The third kappa shape index (κ3) is 2.60. The van der Waals surface area contributed by atoms with Crippen molar-refractivity contribution < 1.29 is 23.0 Å². The lowest BCUT2D eigenvalue weighted by Gasteiger charge is -2.36. The second-order valence-corrected chi connectivity index (χ2v) is 5.94. The van der Waals surface area contributed by atoms with Gasteiger partial charge >= 0.3 is 0 Å². The fourth-order valence-corrected chi connectivity index (χ4v) is 3.20. The number of halogens is 2. The molecular weight excluding hydrogens is 278 g/mol. The number of aryl methyl sites for hydroxylation is 1. The van der Waals surface area contributed by atoms with E-state index in [9.17, 15) is 13.6 Å². The summed E-state index contributed by atoms with van der Waals surface area (Å²) in [5.74, 6) is -2.40. The van der Waals surface area contributed by atoms with Crippen molar-refractivity contribution in [3.8, 4) is 0 Å². The average molecular weight is 296 g/mol. The Bertz CT molecular complexity index is 565. The minimum absolute atomic E-state index is 0.283. The molecule has 114 valence electrons. The lowest BCUT2D eigenvalue weighted by molar-refractivity contribution is -0.0921. The largest absolute Gasteiger partial charge is 0.378 e. The minimum Gasteiger partial charge on any atom is -0.378 e. The Kier molecular flexibility index (Phi) is 3.80. The van der Waals surface area contributed by atoms with E-state index in [1.165, 1.54) is 13.0 Å². The number of hydrogen-bond acceptors (Lipinski definition) is 3. The molecule has 2 aliphatic heterocycles. The van der Waals surface area contributed by atoms with Gasteiger partial charge in [0.2, 0.25) is 0 Å². The van der Waals surface area contributed by atoms with Crippen molar-refractivity contribution in [2.24, 2.45) is 5.92 Å². The van der Waals surface area contributed by atoms with E-state index in [0.29, 0.717) is 32.7 Å². The van der Waals surface area contributed by atoms with E-state index in [2.05, 4.69) is 0 Å². The van der Waals surface area contributed by atoms with Gasteiger partial charge in [0.15, 0.2) is 5.78 Å². The van der Waals surface area contributed by atoms with Gasteiger partial charge in [-0.15, -0.1) is 0 Å². The summed E-state index contributed by atoms with van der Waals surface area (Å²) in [4.78, 5) is 12.6. The summed E-state index contributed by atoms with van der Waals surface area (Å²) in [5, 5.41) is 0. The van der Waals surface area contributed by atoms with Crippen LogP contribution in [-0.2, 0) is 9.47 Å². The van der Waals surface area contributed by atoms with E-state index in [0.717, 1.165) is 12.5 Å². The van der Waals surface area contributed by atoms with Gasteiger partial charge in [-0.2, -0.15) is 0 Å². The summed E-state index contributed by atoms with van der Waals surface area (Å²) in [7, 11) is 0. The normalized spacial score (nSPS) is 29.0. The standard InChI is InChI=1S/C16H18F2O3/c1-10-2-3-12(17)13(14(10)18)15(19)11-4-6-21-16(8-11)5-7-20-9-16/h2-3,11H,4-9H2,1H3. The van der Waals surface area contributed by atoms with E-state index in [1.54, 1.807) is 0 Å². The van der Waals surface area contributed by atoms with Crippen molar-refractivity contribution in [2.75, 3.05) is 19.8 Å². The van der Waals surface area contributed by atoms with Crippen LogP contribution in [0.3, 0.4) is 0 Å². The zero-order valence-corrected chi connectivity index (χ0v) is 12.0. The zero-order valence-electron chi connectivity index (χ0n) is 12.0. The molecule has 2 unspecified atom stereocenters. The first-order valence-corrected chi connectivity index (χ1v) is 7.23. The van der Waals surface area contributed by atoms with E-state index >= 15 is 0 Å². The Morgan fingerprint density at radius 1 is 1.33 bits per heavy atom. The van der Waals surface area contributed by atoms with Crippen LogP contribution in [0.2, 0.25) is 0 Å². The number of carbonyl (C=O) groups is 1. The van der Waals surface area contributed by atoms with Crippen molar-refractivity contribution in [2.45, 2.75) is 31.8 Å². The summed E-state index contributed by atoms with van der Waals surface area (Å²) in [6, 6.07) is 2.50. The Labute approximate surface area is 122 Å². The molecule has 21 heavy (non-hydrogen) atoms. The SMILES string of the molecule is Cc1ccc(F)c(C(=O)C2CCOC3(CCOC3)C2)c1F. The highest BCUT2D eigenvalue weighted by molar-refractivity contribution is 5.98. The number of rotatable bonds is 2. The van der Waals surface area contributed by atoms with Gasteiger partial charge in [0.05, 0.1) is 17.8 Å². The Balaban J connectivity index is 1.87. The van der Waals surface area contributed by atoms with Crippen LogP contribution >= 0.6 is 0 Å².